The van der Waals surface area contributed by atoms with Gasteiger partial charge in [0.2, 0.25) is 0 Å². The van der Waals surface area contributed by atoms with Gasteiger partial charge in [0.25, 0.3) is 0 Å². The van der Waals surface area contributed by atoms with Crippen molar-refractivity contribution in [3.05, 3.63) is 83.8 Å². The summed E-state index contributed by atoms with van der Waals surface area (Å²) in [5.74, 6) is 0.540. The molecule has 3 aromatic rings. The quantitative estimate of drug-likeness (QED) is 0.385. The molecule has 168 valence electrons. The lowest BCUT2D eigenvalue weighted by atomic mass is 10.2. The summed E-state index contributed by atoms with van der Waals surface area (Å²) < 4.78 is 32.2. The zero-order chi connectivity index (χ0) is 21.9. The Bertz CT molecular complexity index is 881. The maximum Gasteiger partial charge on any atom is 0.129 e. The summed E-state index contributed by atoms with van der Waals surface area (Å²) in [6, 6.07) is 14.5. The Hall–Kier alpha value is -2.45. The molecule has 1 aromatic carbocycles. The number of aromatic nitrogens is 1. The number of quaternary nitrogens is 1. The second-order valence-electron chi connectivity index (χ2n) is 7.69. The molecule has 3 rings (SSSR count). The molecule has 0 aliphatic rings. The highest BCUT2D eigenvalue weighted by Crippen LogP contribution is 2.11. The SMILES string of the molecule is COCCC[NH+](Cc1cccn1Cc1ccccc1F)C[C@H](O)COCc1ccco1. The molecule has 1 unspecified atom stereocenters. The average molecular weight is 432 g/mol. The van der Waals surface area contributed by atoms with Crippen LogP contribution in [0.3, 0.4) is 0 Å². The number of nitrogens with one attached hydrogen (secondary N) is 1. The number of hydrogen-bond donors (Lipinski definition) is 2. The first-order valence-electron chi connectivity index (χ1n) is 10.6. The number of aliphatic hydroxyl groups is 1. The van der Waals surface area contributed by atoms with Gasteiger partial charge in [0.1, 0.15) is 37.4 Å². The maximum absolute atomic E-state index is 14.1. The van der Waals surface area contributed by atoms with Crippen LogP contribution in [0, 0.1) is 5.82 Å². The zero-order valence-corrected chi connectivity index (χ0v) is 18.0. The van der Waals surface area contributed by atoms with Gasteiger partial charge in [-0.25, -0.2) is 4.39 Å². The van der Waals surface area contributed by atoms with E-state index in [1.165, 1.54) is 11.0 Å². The molecule has 0 saturated carbocycles. The molecular weight excluding hydrogens is 399 g/mol. The third-order valence-electron chi connectivity index (χ3n) is 5.19. The van der Waals surface area contributed by atoms with Gasteiger partial charge in [0.15, 0.2) is 0 Å². The monoisotopic (exact) mass is 431 g/mol. The Kier molecular flexibility index (Phi) is 9.30. The molecule has 6 nitrogen and oxygen atoms in total. The summed E-state index contributed by atoms with van der Waals surface area (Å²) >= 11 is 0. The number of halogens is 1. The van der Waals surface area contributed by atoms with Crippen LogP contribution in [0.25, 0.3) is 0 Å². The predicted molar refractivity (Wildman–Crippen MR) is 115 cm³/mol. The lowest BCUT2D eigenvalue weighted by molar-refractivity contribution is -0.917. The Morgan fingerprint density at radius 3 is 2.81 bits per heavy atom. The van der Waals surface area contributed by atoms with Crippen molar-refractivity contribution in [2.75, 3.05) is 33.4 Å². The molecule has 31 heavy (non-hydrogen) atoms. The fourth-order valence-electron chi connectivity index (χ4n) is 3.64. The Morgan fingerprint density at radius 1 is 1.16 bits per heavy atom. The molecule has 2 aromatic heterocycles. The average Bonchev–Trinajstić information content (AvgIpc) is 3.42. The Morgan fingerprint density at radius 2 is 2.03 bits per heavy atom. The van der Waals surface area contributed by atoms with E-state index in [0.29, 0.717) is 31.9 Å². The number of aliphatic hydroxyl groups excluding tert-OH is 1. The molecule has 0 radical (unpaired) electrons. The van der Waals surface area contributed by atoms with Gasteiger partial charge >= 0.3 is 0 Å². The van der Waals surface area contributed by atoms with Gasteiger partial charge in [0.05, 0.1) is 38.3 Å². The normalized spacial score (nSPS) is 13.4. The first-order valence-corrected chi connectivity index (χ1v) is 10.6. The molecule has 0 aliphatic carbocycles. The van der Waals surface area contributed by atoms with Crippen LogP contribution in [0.5, 0.6) is 0 Å². The van der Waals surface area contributed by atoms with Crippen LogP contribution in [-0.4, -0.2) is 49.2 Å². The minimum atomic E-state index is -0.595. The van der Waals surface area contributed by atoms with Crippen LogP contribution in [0.2, 0.25) is 0 Å². The Labute approximate surface area is 182 Å². The number of methoxy groups -OCH3 is 1. The van der Waals surface area contributed by atoms with Crippen molar-refractivity contribution in [3.8, 4) is 0 Å². The molecule has 0 aliphatic heterocycles. The van der Waals surface area contributed by atoms with Crippen LogP contribution >= 0.6 is 0 Å². The van der Waals surface area contributed by atoms with Crippen LogP contribution in [0.1, 0.15) is 23.4 Å². The maximum atomic E-state index is 14.1. The lowest BCUT2D eigenvalue weighted by Gasteiger charge is -2.23. The molecule has 0 fully saturated rings. The molecule has 2 atom stereocenters. The summed E-state index contributed by atoms with van der Waals surface area (Å²) in [4.78, 5) is 1.22. The van der Waals surface area contributed by atoms with Crippen molar-refractivity contribution in [1.82, 2.24) is 4.57 Å². The van der Waals surface area contributed by atoms with Crippen LogP contribution in [0.15, 0.2) is 65.4 Å². The Balaban J connectivity index is 1.57. The minimum Gasteiger partial charge on any atom is -0.467 e. The molecule has 0 bridgehead atoms. The third kappa shape index (κ3) is 7.63. The fraction of sp³-hybridized carbons (Fsp3) is 0.417. The van der Waals surface area contributed by atoms with Gasteiger partial charge in [-0.1, -0.05) is 18.2 Å². The van der Waals surface area contributed by atoms with E-state index < -0.39 is 6.10 Å². The minimum absolute atomic E-state index is 0.199. The van der Waals surface area contributed by atoms with Gasteiger partial charge in [-0.15, -0.1) is 0 Å². The first-order chi connectivity index (χ1) is 15.2. The topological polar surface area (TPSA) is 61.2 Å². The molecule has 2 N–H and O–H groups in total. The molecule has 0 saturated heterocycles. The number of hydrogen-bond acceptors (Lipinski definition) is 4. The molecular formula is C24H32FN2O4+. The number of nitrogens with zero attached hydrogens (tertiary/aromatic N) is 1. The number of ether oxygens (including phenoxy) is 2. The molecule has 0 spiro atoms. The van der Waals surface area contributed by atoms with Crippen LogP contribution in [-0.2, 0) is 29.2 Å². The number of furan rings is 1. The standard InChI is InChI=1S/C24H31FN2O4/c1-29-13-6-11-26(17-22(28)18-30-19-23-9-5-14-31-23)16-21-8-4-12-27(21)15-20-7-2-3-10-24(20)25/h2-5,7-10,12,14,22,28H,6,11,13,15-19H2,1H3/p+1/t22-/m0/s1. The summed E-state index contributed by atoms with van der Waals surface area (Å²) in [5, 5.41) is 10.5. The number of benzene rings is 1. The van der Waals surface area contributed by atoms with Crippen molar-refractivity contribution in [2.24, 2.45) is 0 Å². The molecule has 7 heteroatoms. The lowest BCUT2D eigenvalue weighted by Crippen LogP contribution is -3.12. The van der Waals surface area contributed by atoms with Gasteiger partial charge < -0.3 is 28.5 Å². The summed E-state index contributed by atoms with van der Waals surface area (Å²) in [6.07, 6.45) is 3.87. The second kappa shape index (κ2) is 12.4. The molecule has 2 heterocycles. The van der Waals surface area contributed by atoms with Crippen molar-refractivity contribution < 1.29 is 28.3 Å². The van der Waals surface area contributed by atoms with E-state index in [9.17, 15) is 9.50 Å². The highest BCUT2D eigenvalue weighted by atomic mass is 19.1. The van der Waals surface area contributed by atoms with E-state index in [-0.39, 0.29) is 12.4 Å². The van der Waals surface area contributed by atoms with Crippen molar-refractivity contribution in [1.29, 1.82) is 0 Å². The van der Waals surface area contributed by atoms with Crippen molar-refractivity contribution >= 4 is 0 Å². The molecule has 0 amide bonds. The largest absolute Gasteiger partial charge is 0.467 e. The highest BCUT2D eigenvalue weighted by Gasteiger charge is 2.18. The first kappa shape index (κ1) is 23.2. The van der Waals surface area contributed by atoms with Crippen molar-refractivity contribution in [2.45, 2.75) is 32.2 Å². The van der Waals surface area contributed by atoms with E-state index >= 15 is 0 Å². The fourth-order valence-corrected chi connectivity index (χ4v) is 3.64. The van der Waals surface area contributed by atoms with Crippen molar-refractivity contribution in [3.63, 3.8) is 0 Å². The van der Waals surface area contributed by atoms with E-state index in [1.807, 2.05) is 36.5 Å². The second-order valence-corrected chi connectivity index (χ2v) is 7.69. The van der Waals surface area contributed by atoms with E-state index in [4.69, 9.17) is 13.9 Å². The van der Waals surface area contributed by atoms with Crippen LogP contribution in [0.4, 0.5) is 4.39 Å². The van der Waals surface area contributed by atoms with Gasteiger partial charge in [-0.05, 0) is 30.3 Å². The zero-order valence-electron chi connectivity index (χ0n) is 18.0. The third-order valence-corrected chi connectivity index (χ3v) is 5.19. The van der Waals surface area contributed by atoms with E-state index in [1.54, 1.807) is 19.4 Å². The predicted octanol–water partition coefficient (Wildman–Crippen LogP) is 2.27. The summed E-state index contributed by atoms with van der Waals surface area (Å²) in [7, 11) is 1.69. The van der Waals surface area contributed by atoms with Gasteiger partial charge in [-0.2, -0.15) is 0 Å². The number of rotatable bonds is 14. The smallest absolute Gasteiger partial charge is 0.129 e. The van der Waals surface area contributed by atoms with Crippen LogP contribution < -0.4 is 4.90 Å². The van der Waals surface area contributed by atoms with E-state index in [2.05, 4.69) is 10.6 Å². The summed E-state index contributed by atoms with van der Waals surface area (Å²) in [6.45, 7) is 3.86. The van der Waals surface area contributed by atoms with Gasteiger partial charge in [-0.3, -0.25) is 0 Å². The van der Waals surface area contributed by atoms with E-state index in [0.717, 1.165) is 31.0 Å². The highest BCUT2D eigenvalue weighted by molar-refractivity contribution is 5.19. The van der Waals surface area contributed by atoms with Gasteiger partial charge in [0, 0.05) is 25.3 Å². The summed E-state index contributed by atoms with van der Waals surface area (Å²) in [5.41, 5.74) is 1.76.